The van der Waals surface area contributed by atoms with Crippen LogP contribution in [0.25, 0.3) is 0 Å². The van der Waals surface area contributed by atoms with Crippen LogP contribution in [0.1, 0.15) is 48.0 Å². The summed E-state index contributed by atoms with van der Waals surface area (Å²) in [6.45, 7) is 4.27. The molecule has 1 aliphatic rings. The summed E-state index contributed by atoms with van der Waals surface area (Å²) in [4.78, 5) is 12.4. The molecule has 0 aliphatic heterocycles. The first kappa shape index (κ1) is 13.4. The molecule has 1 aromatic rings. The Hall–Kier alpha value is -1.01. The van der Waals surface area contributed by atoms with E-state index in [0.717, 1.165) is 37.2 Å². The number of rotatable bonds is 3. The smallest absolute Gasteiger partial charge is 0.265 e. The van der Waals surface area contributed by atoms with Crippen molar-refractivity contribution in [3.05, 3.63) is 10.6 Å². The predicted molar refractivity (Wildman–Crippen MR) is 69.6 cm³/mol. The van der Waals surface area contributed by atoms with E-state index in [9.17, 15) is 9.90 Å². The Morgan fingerprint density at radius 1 is 1.56 bits per heavy atom. The summed E-state index contributed by atoms with van der Waals surface area (Å²) in [7, 11) is 0. The molecule has 1 aliphatic carbocycles. The van der Waals surface area contributed by atoms with Crippen molar-refractivity contribution < 1.29 is 9.90 Å². The lowest BCUT2D eigenvalue weighted by atomic mass is 9.79. The minimum atomic E-state index is -0.742. The van der Waals surface area contributed by atoms with Gasteiger partial charge in [0.1, 0.15) is 4.88 Å². The van der Waals surface area contributed by atoms with Gasteiger partial charge in [0.2, 0.25) is 0 Å². The fourth-order valence-electron chi connectivity index (χ4n) is 2.24. The van der Waals surface area contributed by atoms with Gasteiger partial charge in [0.25, 0.3) is 5.91 Å². The van der Waals surface area contributed by atoms with Crippen molar-refractivity contribution in [3.63, 3.8) is 0 Å². The lowest BCUT2D eigenvalue weighted by molar-refractivity contribution is -0.00537. The summed E-state index contributed by atoms with van der Waals surface area (Å²) < 4.78 is 3.73. The summed E-state index contributed by atoms with van der Waals surface area (Å²) in [5, 5.41) is 17.0. The number of carbonyl (C=O) groups is 1. The molecule has 2 N–H and O–H groups in total. The minimum Gasteiger partial charge on any atom is -0.388 e. The van der Waals surface area contributed by atoms with Crippen molar-refractivity contribution in [2.75, 3.05) is 6.54 Å². The third-order valence-corrected chi connectivity index (χ3v) is 4.47. The van der Waals surface area contributed by atoms with E-state index in [4.69, 9.17) is 0 Å². The molecule has 1 saturated carbocycles. The highest BCUT2D eigenvalue weighted by molar-refractivity contribution is 7.07. The van der Waals surface area contributed by atoms with Crippen LogP contribution in [-0.4, -0.2) is 32.7 Å². The Morgan fingerprint density at radius 2 is 2.22 bits per heavy atom. The number of hydrogen-bond acceptors (Lipinski definition) is 5. The molecule has 0 unspecified atom stereocenters. The largest absolute Gasteiger partial charge is 0.388 e. The zero-order valence-corrected chi connectivity index (χ0v) is 11.6. The Bertz CT molecular complexity index is 425. The summed E-state index contributed by atoms with van der Waals surface area (Å²) in [5.41, 5.74) is -0.101. The highest BCUT2D eigenvalue weighted by atomic mass is 32.1. The number of hydrogen-bond donors (Lipinski definition) is 2. The summed E-state index contributed by atoms with van der Waals surface area (Å²) in [5.74, 6) is 0.489. The maximum absolute atomic E-state index is 11.9. The number of carbonyl (C=O) groups excluding carboxylic acids is 1. The van der Waals surface area contributed by atoms with Crippen LogP contribution in [0.15, 0.2) is 0 Å². The topological polar surface area (TPSA) is 75.1 Å². The van der Waals surface area contributed by atoms with Crippen molar-refractivity contribution in [2.24, 2.45) is 5.92 Å². The van der Waals surface area contributed by atoms with Crippen LogP contribution in [0, 0.1) is 12.8 Å². The average Bonchev–Trinajstić information content (AvgIpc) is 2.77. The number of aromatic nitrogens is 2. The third kappa shape index (κ3) is 3.05. The molecule has 0 bridgehead atoms. The molecule has 1 amide bonds. The zero-order chi connectivity index (χ0) is 13.2. The SMILES string of the molecule is Cc1nnsc1C(=O)NCC1(O)CCC(C)CC1. The Kier molecular flexibility index (Phi) is 3.97. The fraction of sp³-hybridized carbons (Fsp3) is 0.750. The van der Waals surface area contributed by atoms with Crippen molar-refractivity contribution in [2.45, 2.75) is 45.1 Å². The van der Waals surface area contributed by atoms with Gasteiger partial charge < -0.3 is 10.4 Å². The summed E-state index contributed by atoms with van der Waals surface area (Å²) in [6, 6.07) is 0. The van der Waals surface area contributed by atoms with Crippen molar-refractivity contribution in [1.82, 2.24) is 14.9 Å². The van der Waals surface area contributed by atoms with Crippen molar-refractivity contribution >= 4 is 17.4 Å². The second-order valence-electron chi connectivity index (χ2n) is 5.28. The van der Waals surface area contributed by atoms with Crippen LogP contribution in [0.3, 0.4) is 0 Å². The Morgan fingerprint density at radius 3 is 2.78 bits per heavy atom. The van der Waals surface area contributed by atoms with Gasteiger partial charge in [-0.2, -0.15) is 0 Å². The molecule has 0 aromatic carbocycles. The Balaban J connectivity index is 1.88. The lowest BCUT2D eigenvalue weighted by Gasteiger charge is -2.34. The van der Waals surface area contributed by atoms with Crippen LogP contribution in [-0.2, 0) is 0 Å². The molecule has 6 heteroatoms. The summed E-state index contributed by atoms with van der Waals surface area (Å²) >= 11 is 1.09. The van der Waals surface area contributed by atoms with Gasteiger partial charge in [0.05, 0.1) is 11.3 Å². The number of aliphatic hydroxyl groups is 1. The first-order chi connectivity index (χ1) is 8.50. The van der Waals surface area contributed by atoms with E-state index in [-0.39, 0.29) is 5.91 Å². The quantitative estimate of drug-likeness (QED) is 0.872. The maximum atomic E-state index is 11.9. The molecule has 100 valence electrons. The van der Waals surface area contributed by atoms with Gasteiger partial charge in [-0.3, -0.25) is 4.79 Å². The van der Waals surface area contributed by atoms with E-state index >= 15 is 0 Å². The standard InChI is InChI=1S/C12H19N3O2S/c1-8-3-5-12(17,6-4-8)7-13-11(16)10-9(2)14-15-18-10/h8,17H,3-7H2,1-2H3,(H,13,16). The highest BCUT2D eigenvalue weighted by Crippen LogP contribution is 2.31. The molecule has 1 fully saturated rings. The number of aryl methyl sites for hydroxylation is 1. The van der Waals surface area contributed by atoms with E-state index in [0.29, 0.717) is 23.0 Å². The summed E-state index contributed by atoms with van der Waals surface area (Å²) in [6.07, 6.45) is 3.56. The predicted octanol–water partition coefficient (Wildman–Crippen LogP) is 1.52. The van der Waals surface area contributed by atoms with E-state index in [1.165, 1.54) is 0 Å². The van der Waals surface area contributed by atoms with Crippen molar-refractivity contribution in [1.29, 1.82) is 0 Å². The molecule has 0 atom stereocenters. The number of nitrogens with one attached hydrogen (secondary N) is 1. The Labute approximate surface area is 111 Å². The molecule has 0 radical (unpaired) electrons. The first-order valence-electron chi connectivity index (χ1n) is 6.30. The second-order valence-corrected chi connectivity index (χ2v) is 6.03. The molecule has 1 heterocycles. The molecular formula is C12H19N3O2S. The molecule has 5 nitrogen and oxygen atoms in total. The molecular weight excluding hydrogens is 250 g/mol. The monoisotopic (exact) mass is 269 g/mol. The van der Waals surface area contributed by atoms with Gasteiger partial charge in [-0.1, -0.05) is 11.4 Å². The molecule has 0 saturated heterocycles. The van der Waals surface area contributed by atoms with Gasteiger partial charge in [-0.05, 0) is 50.1 Å². The zero-order valence-electron chi connectivity index (χ0n) is 10.8. The van der Waals surface area contributed by atoms with Gasteiger partial charge in [0.15, 0.2) is 0 Å². The first-order valence-corrected chi connectivity index (χ1v) is 7.07. The van der Waals surface area contributed by atoms with E-state index in [1.807, 2.05) is 0 Å². The van der Waals surface area contributed by atoms with Crippen LogP contribution >= 0.6 is 11.5 Å². The van der Waals surface area contributed by atoms with E-state index in [2.05, 4.69) is 21.8 Å². The maximum Gasteiger partial charge on any atom is 0.265 e. The van der Waals surface area contributed by atoms with Crippen LogP contribution in [0.4, 0.5) is 0 Å². The number of nitrogens with zero attached hydrogens (tertiary/aromatic N) is 2. The third-order valence-electron chi connectivity index (χ3n) is 3.64. The normalized spacial score (nSPS) is 28.1. The van der Waals surface area contributed by atoms with Gasteiger partial charge in [-0.25, -0.2) is 0 Å². The van der Waals surface area contributed by atoms with Crippen LogP contribution < -0.4 is 5.32 Å². The van der Waals surface area contributed by atoms with Crippen molar-refractivity contribution in [3.8, 4) is 0 Å². The molecule has 2 rings (SSSR count). The van der Waals surface area contributed by atoms with Gasteiger partial charge >= 0.3 is 0 Å². The number of amides is 1. The van der Waals surface area contributed by atoms with Crippen LogP contribution in [0.5, 0.6) is 0 Å². The molecule has 0 spiro atoms. The van der Waals surface area contributed by atoms with E-state index in [1.54, 1.807) is 6.92 Å². The molecule has 1 aromatic heterocycles. The average molecular weight is 269 g/mol. The second kappa shape index (κ2) is 5.32. The highest BCUT2D eigenvalue weighted by Gasteiger charge is 2.32. The van der Waals surface area contributed by atoms with Gasteiger partial charge in [-0.15, -0.1) is 5.10 Å². The lowest BCUT2D eigenvalue weighted by Crippen LogP contribution is -2.45. The fourth-order valence-corrected chi connectivity index (χ4v) is 2.81. The van der Waals surface area contributed by atoms with Crippen LogP contribution in [0.2, 0.25) is 0 Å². The minimum absolute atomic E-state index is 0.186. The van der Waals surface area contributed by atoms with Gasteiger partial charge in [0, 0.05) is 6.54 Å². The molecule has 18 heavy (non-hydrogen) atoms. The van der Waals surface area contributed by atoms with E-state index < -0.39 is 5.60 Å².